The van der Waals surface area contributed by atoms with Gasteiger partial charge in [-0.1, -0.05) is 16.8 Å². The van der Waals surface area contributed by atoms with E-state index in [0.29, 0.717) is 46.9 Å². The minimum atomic E-state index is -0.0643. The molecule has 3 aliphatic carbocycles. The quantitative estimate of drug-likeness (QED) is 0.772. The molecule has 5 rings (SSSR count). The molecule has 3 aliphatic rings. The first kappa shape index (κ1) is 18.1. The first-order valence-corrected chi connectivity index (χ1v) is 10.5. The second-order valence-electron chi connectivity index (χ2n) is 8.47. The van der Waals surface area contributed by atoms with Crippen molar-refractivity contribution >= 4 is 17.5 Å². The number of hydrogen-bond acceptors (Lipinski definition) is 4. The SMILES string of the molecule is COCC(NC(=O)c1ccc(Cl)cc1)C1C2CC(n3cc(C4CC4)nn3)CC21. The van der Waals surface area contributed by atoms with E-state index >= 15 is 0 Å². The number of amides is 1. The molecule has 1 aromatic carbocycles. The maximum atomic E-state index is 12.6. The number of fused-ring (bicyclic) bond motifs is 1. The number of aromatic nitrogens is 3. The molecule has 28 heavy (non-hydrogen) atoms. The van der Waals surface area contributed by atoms with Gasteiger partial charge in [0.1, 0.15) is 0 Å². The van der Waals surface area contributed by atoms with Crippen LogP contribution in [0.15, 0.2) is 30.5 Å². The Labute approximate surface area is 169 Å². The Kier molecular flexibility index (Phi) is 4.63. The number of carbonyl (C=O) groups is 1. The summed E-state index contributed by atoms with van der Waals surface area (Å²) in [4.78, 5) is 12.6. The van der Waals surface area contributed by atoms with Crippen LogP contribution < -0.4 is 5.32 Å². The van der Waals surface area contributed by atoms with Crippen molar-refractivity contribution in [1.82, 2.24) is 20.3 Å². The van der Waals surface area contributed by atoms with E-state index in [1.807, 2.05) is 0 Å². The molecule has 0 bridgehead atoms. The van der Waals surface area contributed by atoms with Crippen molar-refractivity contribution in [2.24, 2.45) is 17.8 Å². The number of halogens is 1. The molecular weight excluding hydrogens is 376 g/mol. The van der Waals surface area contributed by atoms with Gasteiger partial charge in [-0.25, -0.2) is 4.68 Å². The van der Waals surface area contributed by atoms with Crippen LogP contribution in [-0.2, 0) is 4.74 Å². The van der Waals surface area contributed by atoms with Crippen molar-refractivity contribution in [1.29, 1.82) is 0 Å². The second kappa shape index (κ2) is 7.16. The highest BCUT2D eigenvalue weighted by molar-refractivity contribution is 6.30. The Balaban J connectivity index is 1.20. The first-order valence-electron chi connectivity index (χ1n) is 10.1. The third-order valence-electron chi connectivity index (χ3n) is 6.62. The van der Waals surface area contributed by atoms with E-state index in [1.165, 1.54) is 12.8 Å². The van der Waals surface area contributed by atoms with Crippen molar-refractivity contribution in [2.45, 2.75) is 43.7 Å². The number of ether oxygens (including phenoxy) is 1. The molecule has 0 saturated heterocycles. The fourth-order valence-corrected chi connectivity index (χ4v) is 5.12. The lowest BCUT2D eigenvalue weighted by atomic mass is 10.0. The molecule has 1 N–H and O–H groups in total. The van der Waals surface area contributed by atoms with Crippen molar-refractivity contribution in [3.63, 3.8) is 0 Å². The highest BCUT2D eigenvalue weighted by Gasteiger charge is 2.59. The lowest BCUT2D eigenvalue weighted by Gasteiger charge is -2.22. The van der Waals surface area contributed by atoms with Gasteiger partial charge in [0.2, 0.25) is 0 Å². The van der Waals surface area contributed by atoms with Crippen molar-refractivity contribution < 1.29 is 9.53 Å². The second-order valence-corrected chi connectivity index (χ2v) is 8.91. The maximum Gasteiger partial charge on any atom is 0.251 e. The fraction of sp³-hybridized carbons (Fsp3) is 0.571. The van der Waals surface area contributed by atoms with Crippen molar-refractivity contribution in [2.75, 3.05) is 13.7 Å². The van der Waals surface area contributed by atoms with Gasteiger partial charge in [0, 0.05) is 29.8 Å². The monoisotopic (exact) mass is 400 g/mol. The zero-order chi connectivity index (χ0) is 19.3. The van der Waals surface area contributed by atoms with Gasteiger partial charge in [0.15, 0.2) is 0 Å². The van der Waals surface area contributed by atoms with Gasteiger partial charge in [0.25, 0.3) is 5.91 Å². The molecule has 3 saturated carbocycles. The Morgan fingerprint density at radius 1 is 1.29 bits per heavy atom. The molecule has 3 fully saturated rings. The average molecular weight is 401 g/mol. The Morgan fingerprint density at radius 3 is 2.64 bits per heavy atom. The minimum absolute atomic E-state index is 0.0434. The average Bonchev–Trinajstić information content (AvgIpc) is 3.55. The molecule has 0 aliphatic heterocycles. The van der Waals surface area contributed by atoms with Crippen LogP contribution in [0.1, 0.15) is 53.7 Å². The third-order valence-corrected chi connectivity index (χ3v) is 6.87. The first-order chi connectivity index (χ1) is 13.6. The smallest absolute Gasteiger partial charge is 0.251 e. The highest BCUT2D eigenvalue weighted by Crippen LogP contribution is 2.62. The summed E-state index contributed by atoms with van der Waals surface area (Å²) in [6.45, 7) is 0.539. The molecule has 3 atom stereocenters. The molecule has 148 valence electrons. The molecule has 3 unspecified atom stereocenters. The van der Waals surface area contributed by atoms with E-state index < -0.39 is 0 Å². The van der Waals surface area contributed by atoms with Crippen LogP contribution >= 0.6 is 11.6 Å². The van der Waals surface area contributed by atoms with Gasteiger partial charge in [-0.3, -0.25) is 4.79 Å². The van der Waals surface area contributed by atoms with Crippen LogP contribution in [0.25, 0.3) is 0 Å². The van der Waals surface area contributed by atoms with Gasteiger partial charge < -0.3 is 10.1 Å². The number of rotatable bonds is 7. The van der Waals surface area contributed by atoms with Crippen LogP contribution in [-0.4, -0.2) is 40.7 Å². The summed E-state index contributed by atoms with van der Waals surface area (Å²) in [6, 6.07) is 7.49. The molecule has 2 aromatic rings. The van der Waals surface area contributed by atoms with Crippen LogP contribution in [0.2, 0.25) is 5.02 Å². The minimum Gasteiger partial charge on any atom is -0.383 e. The van der Waals surface area contributed by atoms with E-state index in [-0.39, 0.29) is 11.9 Å². The van der Waals surface area contributed by atoms with E-state index in [4.69, 9.17) is 16.3 Å². The van der Waals surface area contributed by atoms with Crippen LogP contribution in [0.3, 0.4) is 0 Å². The van der Waals surface area contributed by atoms with E-state index in [2.05, 4.69) is 26.5 Å². The standard InChI is InChI=1S/C21H25ClN4O2/c1-28-11-19(23-21(27)13-4-6-14(22)7-5-13)20-16-8-15(9-17(16)20)26-10-18(24-25-26)12-2-3-12/h4-7,10,12,15-17,19-20H,2-3,8-9,11H2,1H3,(H,23,27). The van der Waals surface area contributed by atoms with Crippen molar-refractivity contribution in [3.8, 4) is 0 Å². The highest BCUT2D eigenvalue weighted by atomic mass is 35.5. The number of benzene rings is 1. The summed E-state index contributed by atoms with van der Waals surface area (Å²) in [7, 11) is 1.69. The molecule has 0 radical (unpaired) electrons. The zero-order valence-corrected chi connectivity index (χ0v) is 16.7. The topological polar surface area (TPSA) is 69.0 Å². The largest absolute Gasteiger partial charge is 0.383 e. The number of carbonyl (C=O) groups excluding carboxylic acids is 1. The maximum absolute atomic E-state index is 12.6. The molecule has 1 amide bonds. The normalized spacial score (nSPS) is 29.4. The lowest BCUT2D eigenvalue weighted by molar-refractivity contribution is 0.0872. The van der Waals surface area contributed by atoms with Crippen molar-refractivity contribution in [3.05, 3.63) is 46.7 Å². The summed E-state index contributed by atoms with van der Waals surface area (Å²) in [6.07, 6.45) is 6.88. The van der Waals surface area contributed by atoms with Gasteiger partial charge in [-0.05, 0) is 67.7 Å². The van der Waals surface area contributed by atoms with Gasteiger partial charge in [-0.15, -0.1) is 5.10 Å². The van der Waals surface area contributed by atoms with E-state index in [0.717, 1.165) is 18.5 Å². The Hall–Kier alpha value is -1.92. The predicted molar refractivity (Wildman–Crippen MR) is 105 cm³/mol. The Bertz CT molecular complexity index is 852. The summed E-state index contributed by atoms with van der Waals surface area (Å²) < 4.78 is 7.49. The molecule has 1 aromatic heterocycles. The third kappa shape index (κ3) is 3.44. The number of nitrogens with zero attached hydrogens (tertiary/aromatic N) is 3. The number of hydrogen-bond donors (Lipinski definition) is 1. The van der Waals surface area contributed by atoms with Crippen LogP contribution in [0.4, 0.5) is 0 Å². The molecule has 0 spiro atoms. The lowest BCUT2D eigenvalue weighted by Crippen LogP contribution is -2.41. The summed E-state index contributed by atoms with van der Waals surface area (Å²) in [5.74, 6) is 2.32. The van der Waals surface area contributed by atoms with Gasteiger partial charge in [-0.2, -0.15) is 0 Å². The van der Waals surface area contributed by atoms with Crippen LogP contribution in [0.5, 0.6) is 0 Å². The molecule has 7 heteroatoms. The fourth-order valence-electron chi connectivity index (χ4n) is 4.99. The molecular formula is C21H25ClN4O2. The molecule has 6 nitrogen and oxygen atoms in total. The number of methoxy groups -OCH3 is 1. The molecule has 1 heterocycles. The summed E-state index contributed by atoms with van der Waals surface area (Å²) in [5, 5.41) is 12.5. The van der Waals surface area contributed by atoms with Gasteiger partial charge >= 0.3 is 0 Å². The summed E-state index contributed by atoms with van der Waals surface area (Å²) >= 11 is 5.92. The van der Waals surface area contributed by atoms with Crippen LogP contribution in [0, 0.1) is 17.8 Å². The summed E-state index contributed by atoms with van der Waals surface area (Å²) in [5.41, 5.74) is 1.79. The number of nitrogens with one attached hydrogen (secondary N) is 1. The van der Waals surface area contributed by atoms with E-state index in [1.54, 1.807) is 31.4 Å². The predicted octanol–water partition coefficient (Wildman–Crippen LogP) is 3.45. The van der Waals surface area contributed by atoms with Gasteiger partial charge in [0.05, 0.1) is 24.4 Å². The Morgan fingerprint density at radius 2 is 2.00 bits per heavy atom. The zero-order valence-electron chi connectivity index (χ0n) is 15.9. The van der Waals surface area contributed by atoms with E-state index in [9.17, 15) is 4.79 Å².